The van der Waals surface area contributed by atoms with Crippen LogP contribution >= 0.6 is 15.6 Å². The molecule has 67 heavy (non-hydrogen) atoms. The number of rotatable bonds is 41. The monoisotopic (exact) mass is 1000 g/mol. The van der Waals surface area contributed by atoms with E-state index >= 15 is 0 Å². The number of ether oxygens (including phenoxy) is 2. The molecule has 0 spiro atoms. The highest BCUT2D eigenvalue weighted by Gasteiger charge is 2.54. The SMILES string of the molecule is CCCCC/C=C\C/C=C\C/C=C\CC(O)C(O)CCCC(=O)OC[C@H](COP(=O)(O)O[C@H]1C(O)C(O)C(O)[C@@H](OP(=O)(O)O)C1O)OC(=O)CCCCCCCCCCCCCCCCC. The van der Waals surface area contributed by atoms with Crippen LogP contribution in [0.4, 0.5) is 0 Å². The van der Waals surface area contributed by atoms with Crippen LogP contribution in [0.25, 0.3) is 0 Å². The first kappa shape index (κ1) is 63.2. The Hall–Kier alpha value is -1.86. The lowest BCUT2D eigenvalue weighted by Gasteiger charge is -2.43. The summed E-state index contributed by atoms with van der Waals surface area (Å²) >= 11 is 0. The van der Waals surface area contributed by atoms with Gasteiger partial charge in [0.05, 0.1) is 18.8 Å². The number of hydrogen-bond donors (Lipinski definition) is 9. The summed E-state index contributed by atoms with van der Waals surface area (Å²) in [6.45, 7) is 2.84. The topological polar surface area (TPSA) is 296 Å². The second-order valence-electron chi connectivity index (χ2n) is 17.5. The van der Waals surface area contributed by atoms with Crippen LogP contribution in [0.3, 0.4) is 0 Å². The van der Waals surface area contributed by atoms with Gasteiger partial charge in [0.25, 0.3) is 0 Å². The molecule has 0 aromatic heterocycles. The summed E-state index contributed by atoms with van der Waals surface area (Å²) in [5, 5.41) is 62.1. The van der Waals surface area contributed by atoms with Crippen molar-refractivity contribution in [2.45, 2.75) is 236 Å². The Morgan fingerprint density at radius 3 is 1.57 bits per heavy atom. The van der Waals surface area contributed by atoms with Crippen LogP contribution in [0.2, 0.25) is 0 Å². The molecule has 0 saturated heterocycles. The van der Waals surface area contributed by atoms with E-state index in [1.54, 1.807) is 6.08 Å². The zero-order chi connectivity index (χ0) is 49.9. The van der Waals surface area contributed by atoms with Gasteiger partial charge in [-0.1, -0.05) is 153 Å². The maximum absolute atomic E-state index is 13.0. The average Bonchev–Trinajstić information content (AvgIpc) is 3.28. The van der Waals surface area contributed by atoms with Gasteiger partial charge < -0.3 is 54.8 Å². The van der Waals surface area contributed by atoms with Crippen LogP contribution in [0, 0.1) is 0 Å². The van der Waals surface area contributed by atoms with Crippen LogP contribution in [0.1, 0.15) is 181 Å². The molecule has 0 bridgehead atoms. The number of allylic oxidation sites excluding steroid dienone is 5. The molecule has 1 aliphatic carbocycles. The standard InChI is InChI=1S/C47H86O18P2/c1-3-5-7-9-11-13-15-17-18-19-21-23-25-27-29-33-41(51)63-37(36-62-67(59,60)65-47-44(54)42(52)43(53)46(45(47)55)64-66(56,57)58)35-61-40(50)34-30-32-39(49)38(48)31-28-26-24-22-20-16-14-12-10-8-6-4-2/h12,14,20,22,26,28,37-39,42-49,52-55H,3-11,13,15-19,21,23-25,27,29-36H2,1-2H3,(H,59,60)(H2,56,57,58)/b14-12-,22-20-,28-26-/t37-,38?,39?,42?,43?,44?,45?,46-,47+/m1/s1. The molecule has 18 nitrogen and oxygen atoms in total. The lowest BCUT2D eigenvalue weighted by atomic mass is 9.85. The quantitative estimate of drug-likeness (QED) is 0.0124. The van der Waals surface area contributed by atoms with Crippen molar-refractivity contribution in [2.75, 3.05) is 13.2 Å². The molecule has 0 radical (unpaired) electrons. The summed E-state index contributed by atoms with van der Waals surface area (Å²) in [6.07, 6.45) is 18.2. The van der Waals surface area contributed by atoms with Gasteiger partial charge in [-0.25, -0.2) is 9.13 Å². The molecule has 1 fully saturated rings. The molecule has 7 unspecified atom stereocenters. The van der Waals surface area contributed by atoms with Crippen LogP contribution in [0.15, 0.2) is 36.5 Å². The Balaban J connectivity index is 2.67. The maximum atomic E-state index is 13.0. The minimum Gasteiger partial charge on any atom is -0.462 e. The highest BCUT2D eigenvalue weighted by molar-refractivity contribution is 7.47. The average molecular weight is 1000 g/mol. The second-order valence-corrected chi connectivity index (χ2v) is 20.1. The molecule has 9 N–H and O–H groups in total. The van der Waals surface area contributed by atoms with Gasteiger partial charge in [0.15, 0.2) is 6.10 Å². The predicted octanol–water partition coefficient (Wildman–Crippen LogP) is 7.45. The lowest BCUT2D eigenvalue weighted by molar-refractivity contribution is -0.216. The molecule has 1 aliphatic rings. The summed E-state index contributed by atoms with van der Waals surface area (Å²) in [7, 11) is -10.8. The van der Waals surface area contributed by atoms with Gasteiger partial charge in [-0.05, 0) is 51.4 Å². The Bertz CT molecular complexity index is 1470. The number of esters is 2. The van der Waals surface area contributed by atoms with Crippen molar-refractivity contribution in [1.82, 2.24) is 0 Å². The molecule has 0 amide bonds. The minimum atomic E-state index is -5.39. The molecule has 0 aliphatic heterocycles. The molecule has 0 heterocycles. The van der Waals surface area contributed by atoms with Gasteiger partial charge in [0, 0.05) is 12.8 Å². The van der Waals surface area contributed by atoms with Crippen LogP contribution in [0.5, 0.6) is 0 Å². The van der Waals surface area contributed by atoms with Crippen LogP contribution in [-0.4, -0.2) is 125 Å². The number of carbonyl (C=O) groups excluding carboxylic acids is 2. The number of aliphatic hydroxyl groups is 6. The van der Waals surface area contributed by atoms with Crippen molar-refractivity contribution in [3.8, 4) is 0 Å². The minimum absolute atomic E-state index is 0.0133. The zero-order valence-corrected chi connectivity index (χ0v) is 41.8. The largest absolute Gasteiger partial charge is 0.472 e. The summed E-state index contributed by atoms with van der Waals surface area (Å²) < 4.78 is 49.2. The molecule has 392 valence electrons. The molecule has 20 heteroatoms. The van der Waals surface area contributed by atoms with Gasteiger partial charge >= 0.3 is 27.6 Å². The van der Waals surface area contributed by atoms with Crippen molar-refractivity contribution >= 4 is 27.6 Å². The molecular weight excluding hydrogens is 914 g/mol. The fraction of sp³-hybridized carbons (Fsp3) is 0.830. The number of phosphoric acid groups is 2. The van der Waals surface area contributed by atoms with E-state index in [2.05, 4.69) is 36.6 Å². The Morgan fingerprint density at radius 2 is 1.01 bits per heavy atom. The van der Waals surface area contributed by atoms with Crippen LogP contribution < -0.4 is 0 Å². The lowest BCUT2D eigenvalue weighted by Crippen LogP contribution is -2.64. The highest BCUT2D eigenvalue weighted by atomic mass is 31.2. The zero-order valence-electron chi connectivity index (χ0n) is 40.1. The number of hydrogen-bond acceptors (Lipinski definition) is 15. The van der Waals surface area contributed by atoms with Crippen LogP contribution in [-0.2, 0) is 41.8 Å². The van der Waals surface area contributed by atoms with Crippen molar-refractivity contribution in [3.63, 3.8) is 0 Å². The Labute approximate surface area is 399 Å². The van der Waals surface area contributed by atoms with E-state index in [9.17, 15) is 64.0 Å². The van der Waals surface area contributed by atoms with Crippen molar-refractivity contribution in [1.29, 1.82) is 0 Å². The van der Waals surface area contributed by atoms with E-state index in [1.807, 2.05) is 12.2 Å². The van der Waals surface area contributed by atoms with Crippen molar-refractivity contribution in [2.24, 2.45) is 0 Å². The van der Waals surface area contributed by atoms with E-state index in [1.165, 1.54) is 77.0 Å². The van der Waals surface area contributed by atoms with E-state index in [0.717, 1.165) is 44.9 Å². The van der Waals surface area contributed by atoms with Gasteiger partial charge in [0.1, 0.15) is 43.2 Å². The summed E-state index contributed by atoms with van der Waals surface area (Å²) in [4.78, 5) is 54.4. The summed E-state index contributed by atoms with van der Waals surface area (Å²) in [5.74, 6) is -1.48. The molecule has 0 aromatic rings. The van der Waals surface area contributed by atoms with E-state index in [4.69, 9.17) is 18.5 Å². The summed E-state index contributed by atoms with van der Waals surface area (Å²) in [6, 6.07) is 0. The van der Waals surface area contributed by atoms with Crippen molar-refractivity contribution < 1.29 is 87.1 Å². The molecule has 1 rings (SSSR count). The highest BCUT2D eigenvalue weighted by Crippen LogP contribution is 2.49. The van der Waals surface area contributed by atoms with E-state index in [-0.39, 0.29) is 32.1 Å². The van der Waals surface area contributed by atoms with Gasteiger partial charge in [-0.3, -0.25) is 23.2 Å². The number of carbonyl (C=O) groups is 2. The molecular formula is C47H86O18P2. The normalized spacial score (nSPS) is 22.6. The fourth-order valence-electron chi connectivity index (χ4n) is 7.42. The van der Waals surface area contributed by atoms with Gasteiger partial charge in [0.2, 0.25) is 0 Å². The van der Waals surface area contributed by atoms with Gasteiger partial charge in [-0.2, -0.15) is 0 Å². The second kappa shape index (κ2) is 37.9. The predicted molar refractivity (Wildman–Crippen MR) is 253 cm³/mol. The van der Waals surface area contributed by atoms with E-state index in [0.29, 0.717) is 12.8 Å². The molecule has 1 saturated carbocycles. The first-order valence-corrected chi connectivity index (χ1v) is 27.7. The first-order valence-electron chi connectivity index (χ1n) is 24.7. The van der Waals surface area contributed by atoms with Gasteiger partial charge in [-0.15, -0.1) is 0 Å². The Kier molecular flexibility index (Phi) is 35.7. The Morgan fingerprint density at radius 1 is 0.537 bits per heavy atom. The van der Waals surface area contributed by atoms with Crippen molar-refractivity contribution in [3.05, 3.63) is 36.5 Å². The number of phosphoric ester groups is 2. The third-order valence-electron chi connectivity index (χ3n) is 11.4. The smallest absolute Gasteiger partial charge is 0.462 e. The third-order valence-corrected chi connectivity index (χ3v) is 12.9. The summed E-state index contributed by atoms with van der Waals surface area (Å²) in [5.41, 5.74) is 0. The third kappa shape index (κ3) is 31.9. The van der Waals surface area contributed by atoms with E-state index < -0.39 is 95.7 Å². The number of unbranched alkanes of at least 4 members (excludes halogenated alkanes) is 17. The number of aliphatic hydroxyl groups excluding tert-OH is 6. The molecule has 10 atom stereocenters. The fourth-order valence-corrected chi connectivity index (χ4v) is 8.96. The molecule has 0 aromatic carbocycles. The maximum Gasteiger partial charge on any atom is 0.472 e. The first-order chi connectivity index (χ1) is 31.9.